The van der Waals surface area contributed by atoms with E-state index in [-0.39, 0.29) is 30.4 Å². The standard InChI is InChI=1S/C37H42N4O3/c1-40(25-23-31-14-10-11-24-38-31)37(44)41(32-15-6-3-7-16-32)26-28-19-21-29(22-20-28)33-17-8-9-18-34(33)36(43)39-35(27-42)30-12-4-2-5-13-30/h2-7,10-16,19-22,24,33-35,42H,8-9,17-18,23,25-27H2,1H3,(H,39,43). The van der Waals surface area contributed by atoms with E-state index in [1.807, 2.05) is 90.8 Å². The molecule has 0 spiro atoms. The highest BCUT2D eigenvalue weighted by atomic mass is 16.3. The van der Waals surface area contributed by atoms with Gasteiger partial charge in [-0.25, -0.2) is 4.79 Å². The van der Waals surface area contributed by atoms with Crippen molar-refractivity contribution >= 4 is 17.6 Å². The van der Waals surface area contributed by atoms with E-state index in [4.69, 9.17) is 0 Å². The summed E-state index contributed by atoms with van der Waals surface area (Å²) in [5.74, 6) is -0.0451. The largest absolute Gasteiger partial charge is 0.394 e. The zero-order chi connectivity index (χ0) is 30.7. The van der Waals surface area contributed by atoms with Gasteiger partial charge in [0.25, 0.3) is 0 Å². The van der Waals surface area contributed by atoms with Gasteiger partial charge in [-0.2, -0.15) is 0 Å². The molecule has 0 aliphatic heterocycles. The Labute approximate surface area is 260 Å². The molecular formula is C37H42N4O3. The molecule has 1 heterocycles. The second-order valence-electron chi connectivity index (χ2n) is 11.6. The average Bonchev–Trinajstić information content (AvgIpc) is 3.09. The van der Waals surface area contributed by atoms with Crippen LogP contribution in [0, 0.1) is 5.92 Å². The van der Waals surface area contributed by atoms with Crippen LogP contribution in [0.25, 0.3) is 0 Å². The number of urea groups is 1. The molecule has 2 N–H and O–H groups in total. The molecule has 4 aromatic rings. The molecule has 1 aliphatic rings. The summed E-state index contributed by atoms with van der Waals surface area (Å²) in [6.07, 6.45) is 6.33. The highest BCUT2D eigenvalue weighted by Gasteiger charge is 2.33. The number of pyridine rings is 1. The molecule has 44 heavy (non-hydrogen) atoms. The average molecular weight is 591 g/mol. The quantitative estimate of drug-likeness (QED) is 0.209. The molecule has 0 bridgehead atoms. The molecule has 1 fully saturated rings. The van der Waals surface area contributed by atoms with Crippen molar-refractivity contribution in [3.63, 3.8) is 0 Å². The van der Waals surface area contributed by atoms with Crippen LogP contribution < -0.4 is 10.2 Å². The van der Waals surface area contributed by atoms with E-state index in [1.54, 1.807) is 11.1 Å². The number of carbonyl (C=O) groups is 2. The lowest BCUT2D eigenvalue weighted by Gasteiger charge is -2.32. The maximum Gasteiger partial charge on any atom is 0.324 e. The fraction of sp³-hybridized carbons (Fsp3) is 0.324. The topological polar surface area (TPSA) is 85.8 Å². The second-order valence-corrected chi connectivity index (χ2v) is 11.6. The van der Waals surface area contributed by atoms with Crippen LogP contribution in [-0.2, 0) is 17.8 Å². The molecule has 3 amide bonds. The monoisotopic (exact) mass is 590 g/mol. The van der Waals surface area contributed by atoms with E-state index in [9.17, 15) is 14.7 Å². The third-order valence-corrected chi connectivity index (χ3v) is 8.61. The summed E-state index contributed by atoms with van der Waals surface area (Å²) in [5, 5.41) is 13.1. The molecule has 5 rings (SSSR count). The van der Waals surface area contributed by atoms with Crippen molar-refractivity contribution in [1.82, 2.24) is 15.2 Å². The Balaban J connectivity index is 1.28. The summed E-state index contributed by atoms with van der Waals surface area (Å²) < 4.78 is 0. The summed E-state index contributed by atoms with van der Waals surface area (Å²) in [4.78, 5) is 35.1. The lowest BCUT2D eigenvalue weighted by atomic mass is 9.74. The second kappa shape index (κ2) is 15.3. The number of rotatable bonds is 11. The van der Waals surface area contributed by atoms with Gasteiger partial charge in [-0.15, -0.1) is 0 Å². The fourth-order valence-electron chi connectivity index (χ4n) is 6.10. The number of likely N-dealkylation sites (N-methyl/N-ethyl adjacent to an activating group) is 1. The molecule has 7 nitrogen and oxygen atoms in total. The van der Waals surface area contributed by atoms with Crippen LogP contribution in [-0.4, -0.2) is 47.1 Å². The minimum atomic E-state index is -0.419. The van der Waals surface area contributed by atoms with E-state index >= 15 is 0 Å². The normalized spacial score (nSPS) is 17.0. The Bertz CT molecular complexity index is 1470. The Hall–Kier alpha value is -4.49. The van der Waals surface area contributed by atoms with Crippen LogP contribution in [0.3, 0.4) is 0 Å². The van der Waals surface area contributed by atoms with Crippen LogP contribution in [0.15, 0.2) is 109 Å². The van der Waals surface area contributed by atoms with Gasteiger partial charge in [0, 0.05) is 43.5 Å². The number of hydrogen-bond donors (Lipinski definition) is 2. The Morgan fingerprint density at radius 3 is 2.25 bits per heavy atom. The summed E-state index contributed by atoms with van der Waals surface area (Å²) in [6, 6.07) is 33.1. The van der Waals surface area contributed by atoms with Gasteiger partial charge < -0.3 is 15.3 Å². The Kier molecular flexibility index (Phi) is 10.8. The fourth-order valence-corrected chi connectivity index (χ4v) is 6.10. The first kappa shape index (κ1) is 31.0. The number of carbonyl (C=O) groups excluding carboxylic acids is 2. The number of benzene rings is 3. The number of nitrogens with zero attached hydrogens (tertiary/aromatic N) is 3. The van der Waals surface area contributed by atoms with Gasteiger partial charge in [0.15, 0.2) is 0 Å². The number of aromatic nitrogens is 1. The molecule has 3 unspecified atom stereocenters. The lowest BCUT2D eigenvalue weighted by molar-refractivity contribution is -0.127. The van der Waals surface area contributed by atoms with Gasteiger partial charge in [0.05, 0.1) is 19.2 Å². The number of anilines is 1. The first-order chi connectivity index (χ1) is 21.5. The number of aliphatic hydroxyl groups excluding tert-OH is 1. The zero-order valence-corrected chi connectivity index (χ0v) is 25.4. The van der Waals surface area contributed by atoms with Crippen molar-refractivity contribution in [2.75, 3.05) is 25.1 Å². The lowest BCUT2D eigenvalue weighted by Crippen LogP contribution is -2.41. The molecule has 3 aromatic carbocycles. The van der Waals surface area contributed by atoms with Crippen LogP contribution >= 0.6 is 0 Å². The maximum absolute atomic E-state index is 13.7. The van der Waals surface area contributed by atoms with E-state index in [0.29, 0.717) is 19.5 Å². The predicted molar refractivity (Wildman–Crippen MR) is 174 cm³/mol. The van der Waals surface area contributed by atoms with E-state index in [0.717, 1.165) is 53.8 Å². The van der Waals surface area contributed by atoms with Crippen molar-refractivity contribution in [3.8, 4) is 0 Å². The minimum absolute atomic E-state index is 0.00345. The van der Waals surface area contributed by atoms with Crippen LogP contribution in [0.2, 0.25) is 0 Å². The van der Waals surface area contributed by atoms with Crippen molar-refractivity contribution < 1.29 is 14.7 Å². The van der Waals surface area contributed by atoms with Crippen molar-refractivity contribution in [2.24, 2.45) is 5.92 Å². The molecule has 0 radical (unpaired) electrons. The zero-order valence-electron chi connectivity index (χ0n) is 25.4. The first-order valence-electron chi connectivity index (χ1n) is 15.6. The van der Waals surface area contributed by atoms with Crippen molar-refractivity contribution in [1.29, 1.82) is 0 Å². The molecule has 228 valence electrons. The molecular weight excluding hydrogens is 548 g/mol. The molecule has 1 saturated carbocycles. The third-order valence-electron chi connectivity index (χ3n) is 8.61. The molecule has 0 saturated heterocycles. The first-order valence-corrected chi connectivity index (χ1v) is 15.6. The van der Waals surface area contributed by atoms with Gasteiger partial charge >= 0.3 is 6.03 Å². The maximum atomic E-state index is 13.7. The summed E-state index contributed by atoms with van der Waals surface area (Å²) in [6.45, 7) is 0.850. The summed E-state index contributed by atoms with van der Waals surface area (Å²) in [5.41, 5.74) is 4.85. The van der Waals surface area contributed by atoms with Gasteiger partial charge in [-0.05, 0) is 59.7 Å². The predicted octanol–water partition coefficient (Wildman–Crippen LogP) is 6.51. The highest BCUT2D eigenvalue weighted by Crippen LogP contribution is 2.38. The number of amides is 3. The minimum Gasteiger partial charge on any atom is -0.394 e. The Morgan fingerprint density at radius 1 is 0.886 bits per heavy atom. The van der Waals surface area contributed by atoms with Gasteiger partial charge in [-0.3, -0.25) is 14.7 Å². The Morgan fingerprint density at radius 2 is 1.57 bits per heavy atom. The van der Waals surface area contributed by atoms with E-state index < -0.39 is 6.04 Å². The summed E-state index contributed by atoms with van der Waals surface area (Å²) in [7, 11) is 1.83. The third kappa shape index (κ3) is 7.91. The van der Waals surface area contributed by atoms with Crippen LogP contribution in [0.1, 0.15) is 60.0 Å². The van der Waals surface area contributed by atoms with Gasteiger partial charge in [0.1, 0.15) is 0 Å². The SMILES string of the molecule is CN(CCc1ccccn1)C(=O)N(Cc1ccc(C2CCCCC2C(=O)NC(CO)c2ccccc2)cc1)c1ccccc1. The van der Waals surface area contributed by atoms with Crippen molar-refractivity contribution in [2.45, 2.75) is 50.6 Å². The van der Waals surface area contributed by atoms with E-state index in [2.05, 4.69) is 34.6 Å². The van der Waals surface area contributed by atoms with Gasteiger partial charge in [0.2, 0.25) is 5.91 Å². The number of para-hydroxylation sites is 1. The molecule has 1 aromatic heterocycles. The number of nitrogens with one attached hydrogen (secondary N) is 1. The summed E-state index contributed by atoms with van der Waals surface area (Å²) >= 11 is 0. The smallest absolute Gasteiger partial charge is 0.324 e. The molecule has 3 atom stereocenters. The van der Waals surface area contributed by atoms with Crippen LogP contribution in [0.5, 0.6) is 0 Å². The van der Waals surface area contributed by atoms with E-state index in [1.165, 1.54) is 0 Å². The highest BCUT2D eigenvalue weighted by molar-refractivity contribution is 5.91. The van der Waals surface area contributed by atoms with Crippen molar-refractivity contribution in [3.05, 3.63) is 132 Å². The number of aliphatic hydroxyl groups is 1. The molecule has 7 heteroatoms. The van der Waals surface area contributed by atoms with Crippen LogP contribution in [0.4, 0.5) is 10.5 Å². The molecule has 1 aliphatic carbocycles. The number of hydrogen-bond acceptors (Lipinski definition) is 4. The van der Waals surface area contributed by atoms with Gasteiger partial charge in [-0.1, -0.05) is 91.7 Å².